The van der Waals surface area contributed by atoms with Gasteiger partial charge in [-0.1, -0.05) is 12.5 Å². The average Bonchev–Trinajstić information content (AvgIpc) is 2.90. The molecule has 1 unspecified atom stereocenters. The highest BCUT2D eigenvalue weighted by Gasteiger charge is 2.58. The molecule has 1 aromatic rings. The monoisotopic (exact) mass is 322 g/mol. The lowest BCUT2D eigenvalue weighted by molar-refractivity contribution is -0.173. The van der Waals surface area contributed by atoms with Gasteiger partial charge in [0.2, 0.25) is 5.91 Å². The van der Waals surface area contributed by atoms with Crippen molar-refractivity contribution in [3.63, 3.8) is 0 Å². The number of hydrogen-bond acceptors (Lipinski definition) is 4. The molecule has 0 bridgehead atoms. The molecule has 0 aromatic carbocycles. The van der Waals surface area contributed by atoms with Crippen LogP contribution < -0.4 is 10.6 Å². The number of hydrogen-bond donors (Lipinski definition) is 3. The Labute approximate surface area is 136 Å². The van der Waals surface area contributed by atoms with E-state index in [0.29, 0.717) is 12.8 Å². The van der Waals surface area contributed by atoms with Crippen molar-refractivity contribution in [2.75, 3.05) is 13.1 Å². The highest BCUT2D eigenvalue weighted by Crippen LogP contribution is 2.52. The molecule has 4 nitrogen and oxygen atoms in total. The Hall–Kier alpha value is -0.910. The van der Waals surface area contributed by atoms with Crippen LogP contribution in [0.3, 0.4) is 0 Å². The molecule has 1 saturated heterocycles. The summed E-state index contributed by atoms with van der Waals surface area (Å²) >= 11 is 1.72. The predicted molar refractivity (Wildman–Crippen MR) is 89.0 cm³/mol. The lowest BCUT2D eigenvalue weighted by atomic mass is 9.55. The van der Waals surface area contributed by atoms with Gasteiger partial charge in [-0.25, -0.2) is 0 Å². The number of amides is 1. The van der Waals surface area contributed by atoms with Crippen molar-refractivity contribution in [1.82, 2.24) is 10.6 Å². The summed E-state index contributed by atoms with van der Waals surface area (Å²) in [7, 11) is 0. The van der Waals surface area contributed by atoms with E-state index in [2.05, 4.69) is 29.0 Å². The van der Waals surface area contributed by atoms with Gasteiger partial charge in [0.25, 0.3) is 0 Å². The fourth-order valence-electron chi connectivity index (χ4n) is 3.90. The molecule has 0 radical (unpaired) electrons. The second-order valence-electron chi connectivity index (χ2n) is 6.88. The summed E-state index contributed by atoms with van der Waals surface area (Å²) < 4.78 is 0. The van der Waals surface area contributed by atoms with Crippen molar-refractivity contribution in [3.8, 4) is 0 Å². The molecule has 22 heavy (non-hydrogen) atoms. The molecule has 122 valence electrons. The fourth-order valence-corrected chi connectivity index (χ4v) is 4.73. The first-order valence-electron chi connectivity index (χ1n) is 8.32. The minimum absolute atomic E-state index is 0.0622. The van der Waals surface area contributed by atoms with E-state index in [1.54, 1.807) is 11.3 Å². The Morgan fingerprint density at radius 2 is 2.14 bits per heavy atom. The van der Waals surface area contributed by atoms with Crippen LogP contribution in [-0.2, 0) is 11.2 Å². The van der Waals surface area contributed by atoms with Crippen LogP contribution in [0.4, 0.5) is 0 Å². The smallest absolute Gasteiger partial charge is 0.229 e. The van der Waals surface area contributed by atoms with E-state index < -0.39 is 11.0 Å². The third-order valence-electron chi connectivity index (χ3n) is 5.43. The highest BCUT2D eigenvalue weighted by molar-refractivity contribution is 7.09. The number of piperidine rings is 1. The van der Waals surface area contributed by atoms with Crippen molar-refractivity contribution in [1.29, 1.82) is 0 Å². The molecule has 1 atom stereocenters. The molecule has 1 aliphatic carbocycles. The van der Waals surface area contributed by atoms with E-state index in [1.165, 1.54) is 4.88 Å². The van der Waals surface area contributed by atoms with E-state index in [9.17, 15) is 9.90 Å². The Kier molecular flexibility index (Phi) is 4.57. The lowest BCUT2D eigenvalue weighted by Crippen LogP contribution is -2.64. The first-order chi connectivity index (χ1) is 10.6. The second-order valence-corrected chi connectivity index (χ2v) is 7.91. The zero-order chi connectivity index (χ0) is 15.6. The van der Waals surface area contributed by atoms with Gasteiger partial charge < -0.3 is 15.7 Å². The van der Waals surface area contributed by atoms with Gasteiger partial charge in [-0.05, 0) is 57.1 Å². The van der Waals surface area contributed by atoms with Gasteiger partial charge in [0.1, 0.15) is 0 Å². The molecule has 2 fully saturated rings. The highest BCUT2D eigenvalue weighted by atomic mass is 32.1. The first kappa shape index (κ1) is 16.0. The molecule has 1 aliphatic heterocycles. The average molecular weight is 322 g/mol. The standard InChI is InChI=1S/C17H26N2O2S/c1-13(12-14-4-2-11-22-14)19-15(20)16(5-3-6-16)17(21)7-9-18-10-8-17/h2,4,11,13,18,21H,3,5-10,12H2,1H3,(H,19,20). The predicted octanol–water partition coefficient (Wildman–Crippen LogP) is 2.08. The van der Waals surface area contributed by atoms with Crippen molar-refractivity contribution in [3.05, 3.63) is 22.4 Å². The number of carbonyl (C=O) groups excluding carboxylic acids is 1. The summed E-state index contributed by atoms with van der Waals surface area (Å²) in [5.74, 6) is 0.0622. The molecule has 3 N–H and O–H groups in total. The van der Waals surface area contributed by atoms with Crippen LogP contribution in [0.25, 0.3) is 0 Å². The third kappa shape index (κ3) is 2.82. The molecule has 1 aromatic heterocycles. The first-order valence-corrected chi connectivity index (χ1v) is 9.20. The van der Waals surface area contributed by atoms with Gasteiger partial charge in [0.05, 0.1) is 11.0 Å². The number of thiophene rings is 1. The topological polar surface area (TPSA) is 61.4 Å². The molecule has 2 heterocycles. The normalized spacial score (nSPS) is 24.3. The number of nitrogens with one attached hydrogen (secondary N) is 2. The third-order valence-corrected chi connectivity index (χ3v) is 6.33. The van der Waals surface area contributed by atoms with Crippen molar-refractivity contribution < 1.29 is 9.90 Å². The minimum Gasteiger partial charge on any atom is -0.389 e. The van der Waals surface area contributed by atoms with E-state index in [1.807, 2.05) is 6.07 Å². The molecule has 5 heteroatoms. The summed E-state index contributed by atoms with van der Waals surface area (Å²) in [6.07, 6.45) is 4.91. The number of carbonyl (C=O) groups is 1. The van der Waals surface area contributed by atoms with Crippen molar-refractivity contribution in [2.45, 2.75) is 57.1 Å². The van der Waals surface area contributed by atoms with Crippen LogP contribution in [0.15, 0.2) is 17.5 Å². The van der Waals surface area contributed by atoms with Gasteiger partial charge in [0, 0.05) is 17.3 Å². The second kappa shape index (κ2) is 6.30. The van der Waals surface area contributed by atoms with Gasteiger partial charge in [-0.2, -0.15) is 0 Å². The van der Waals surface area contributed by atoms with Crippen LogP contribution in [0.5, 0.6) is 0 Å². The summed E-state index contributed by atoms with van der Waals surface area (Å²) in [5, 5.41) is 19.6. The van der Waals surface area contributed by atoms with E-state index in [4.69, 9.17) is 0 Å². The van der Waals surface area contributed by atoms with Gasteiger partial charge in [-0.15, -0.1) is 11.3 Å². The summed E-state index contributed by atoms with van der Waals surface area (Å²) in [6.45, 7) is 3.66. The zero-order valence-electron chi connectivity index (χ0n) is 13.2. The Bertz CT molecular complexity index is 505. The maximum absolute atomic E-state index is 12.9. The van der Waals surface area contributed by atoms with Crippen LogP contribution in [0.1, 0.15) is 43.9 Å². The van der Waals surface area contributed by atoms with Crippen molar-refractivity contribution >= 4 is 17.2 Å². The molecule has 1 saturated carbocycles. The summed E-state index contributed by atoms with van der Waals surface area (Å²) in [6, 6.07) is 4.25. The maximum atomic E-state index is 12.9. The quantitative estimate of drug-likeness (QED) is 0.778. The van der Waals surface area contributed by atoms with Gasteiger partial charge in [0.15, 0.2) is 0 Å². The van der Waals surface area contributed by atoms with Gasteiger partial charge in [-0.3, -0.25) is 4.79 Å². The maximum Gasteiger partial charge on any atom is 0.229 e. The number of rotatable bonds is 5. The Balaban J connectivity index is 1.66. The van der Waals surface area contributed by atoms with Crippen LogP contribution in [-0.4, -0.2) is 35.7 Å². The summed E-state index contributed by atoms with van der Waals surface area (Å²) in [4.78, 5) is 14.2. The fraction of sp³-hybridized carbons (Fsp3) is 0.706. The Morgan fingerprint density at radius 3 is 2.68 bits per heavy atom. The lowest BCUT2D eigenvalue weighted by Gasteiger charge is -2.53. The molecule has 0 spiro atoms. The van der Waals surface area contributed by atoms with E-state index in [0.717, 1.165) is 38.8 Å². The molecular weight excluding hydrogens is 296 g/mol. The van der Waals surface area contributed by atoms with E-state index in [-0.39, 0.29) is 11.9 Å². The minimum atomic E-state index is -0.830. The van der Waals surface area contributed by atoms with Crippen LogP contribution in [0.2, 0.25) is 0 Å². The molecular formula is C17H26N2O2S. The zero-order valence-corrected chi connectivity index (χ0v) is 14.0. The van der Waals surface area contributed by atoms with Crippen LogP contribution in [0, 0.1) is 5.41 Å². The van der Waals surface area contributed by atoms with E-state index >= 15 is 0 Å². The molecule has 2 aliphatic rings. The Morgan fingerprint density at radius 1 is 1.41 bits per heavy atom. The van der Waals surface area contributed by atoms with Gasteiger partial charge >= 0.3 is 0 Å². The molecule has 3 rings (SSSR count). The molecule has 1 amide bonds. The largest absolute Gasteiger partial charge is 0.389 e. The van der Waals surface area contributed by atoms with Crippen LogP contribution >= 0.6 is 11.3 Å². The SMILES string of the molecule is CC(Cc1cccs1)NC(=O)C1(C2(O)CCNCC2)CCC1. The van der Waals surface area contributed by atoms with Crippen molar-refractivity contribution in [2.24, 2.45) is 5.41 Å². The summed E-state index contributed by atoms with van der Waals surface area (Å²) in [5.41, 5.74) is -1.39. The number of aliphatic hydroxyl groups is 1.